The normalized spacial score (nSPS) is 10.4. The van der Waals surface area contributed by atoms with Gasteiger partial charge in [0.25, 0.3) is 0 Å². The van der Waals surface area contributed by atoms with Crippen LogP contribution in [0.2, 0.25) is 0 Å². The van der Waals surface area contributed by atoms with Gasteiger partial charge in [0, 0.05) is 22.2 Å². The Balaban J connectivity index is 1.91. The number of hydrogen-bond acceptors (Lipinski definition) is 4. The van der Waals surface area contributed by atoms with Crippen molar-refractivity contribution < 1.29 is 9.59 Å². The molecule has 0 saturated heterocycles. The fraction of sp³-hybridized carbons (Fsp3) is 0. The zero-order valence-electron chi connectivity index (χ0n) is 11.4. The summed E-state index contributed by atoms with van der Waals surface area (Å²) in [5.74, 6) is -0.866. The van der Waals surface area contributed by atoms with E-state index in [9.17, 15) is 9.59 Å². The van der Waals surface area contributed by atoms with E-state index in [2.05, 4.69) is 10.6 Å². The van der Waals surface area contributed by atoms with Crippen molar-refractivity contribution in [3.63, 3.8) is 0 Å². The first-order valence-electron chi connectivity index (χ1n) is 6.28. The van der Waals surface area contributed by atoms with E-state index in [-0.39, 0.29) is 11.0 Å². The van der Waals surface area contributed by atoms with Crippen LogP contribution in [0.5, 0.6) is 0 Å². The second-order valence-electron chi connectivity index (χ2n) is 4.24. The number of carbonyl (C=O) groups is 2. The smallest absolute Gasteiger partial charge is 0.250 e. The first kappa shape index (κ1) is 15.9. The van der Waals surface area contributed by atoms with Crippen LogP contribution in [0.3, 0.4) is 0 Å². The van der Waals surface area contributed by atoms with Crippen LogP contribution < -0.4 is 16.4 Å². The average Bonchev–Trinajstić information content (AvgIpc) is 2.98. The molecule has 5 nitrogen and oxygen atoms in total. The highest BCUT2D eigenvalue weighted by molar-refractivity contribution is 7.80. The lowest BCUT2D eigenvalue weighted by Gasteiger charge is -2.08. The molecule has 112 valence electrons. The molecule has 22 heavy (non-hydrogen) atoms. The van der Waals surface area contributed by atoms with E-state index in [1.165, 1.54) is 17.4 Å². The lowest BCUT2D eigenvalue weighted by Crippen LogP contribution is -2.32. The molecule has 0 aliphatic heterocycles. The van der Waals surface area contributed by atoms with Gasteiger partial charge in [0.05, 0.1) is 0 Å². The Hall–Kier alpha value is -2.51. The molecule has 7 heteroatoms. The number of carbonyl (C=O) groups excluding carboxylic acids is 2. The van der Waals surface area contributed by atoms with E-state index >= 15 is 0 Å². The summed E-state index contributed by atoms with van der Waals surface area (Å²) in [4.78, 5) is 23.8. The summed E-state index contributed by atoms with van der Waals surface area (Å²) in [7, 11) is 0. The van der Waals surface area contributed by atoms with Crippen LogP contribution in [0.15, 0.2) is 47.9 Å². The Morgan fingerprint density at radius 1 is 1.23 bits per heavy atom. The Bertz CT molecular complexity index is 724. The van der Waals surface area contributed by atoms with E-state index in [0.717, 1.165) is 4.88 Å². The summed E-state index contributed by atoms with van der Waals surface area (Å²) < 4.78 is 0. The number of primary amides is 1. The molecule has 4 N–H and O–H groups in total. The van der Waals surface area contributed by atoms with Gasteiger partial charge in [-0.2, -0.15) is 0 Å². The number of anilines is 1. The van der Waals surface area contributed by atoms with Crippen molar-refractivity contribution in [3.8, 4) is 0 Å². The number of benzene rings is 1. The molecule has 0 spiro atoms. The first-order chi connectivity index (χ1) is 10.5. The number of nitrogens with two attached hydrogens (primary N) is 1. The second-order valence-corrected chi connectivity index (χ2v) is 5.62. The summed E-state index contributed by atoms with van der Waals surface area (Å²) in [6.45, 7) is 0. The van der Waals surface area contributed by atoms with Gasteiger partial charge >= 0.3 is 0 Å². The van der Waals surface area contributed by atoms with Crippen molar-refractivity contribution >= 4 is 52.2 Å². The zero-order valence-corrected chi connectivity index (χ0v) is 13.0. The third-order valence-corrected chi connectivity index (χ3v) is 3.63. The number of nitrogens with one attached hydrogen (secondary N) is 2. The average molecular weight is 331 g/mol. The number of thiocarbonyl (C=S) groups is 1. The van der Waals surface area contributed by atoms with Crippen molar-refractivity contribution in [2.24, 2.45) is 5.73 Å². The van der Waals surface area contributed by atoms with Crippen LogP contribution in [-0.4, -0.2) is 16.9 Å². The summed E-state index contributed by atoms with van der Waals surface area (Å²) >= 11 is 6.58. The van der Waals surface area contributed by atoms with Crippen molar-refractivity contribution in [2.45, 2.75) is 0 Å². The fourth-order valence-corrected chi connectivity index (χ4v) is 2.45. The van der Waals surface area contributed by atoms with Gasteiger partial charge in [-0.05, 0) is 47.9 Å². The van der Waals surface area contributed by atoms with E-state index in [0.29, 0.717) is 11.3 Å². The van der Waals surface area contributed by atoms with Gasteiger partial charge in [-0.15, -0.1) is 11.3 Å². The Morgan fingerprint density at radius 2 is 2.05 bits per heavy atom. The highest BCUT2D eigenvalue weighted by Gasteiger charge is 2.04. The number of thiophene rings is 1. The predicted molar refractivity (Wildman–Crippen MR) is 92.7 cm³/mol. The summed E-state index contributed by atoms with van der Waals surface area (Å²) in [6.07, 6.45) is 3.11. The van der Waals surface area contributed by atoms with Crippen LogP contribution in [0.1, 0.15) is 15.2 Å². The lowest BCUT2D eigenvalue weighted by atomic mass is 10.2. The van der Waals surface area contributed by atoms with Gasteiger partial charge in [0.2, 0.25) is 11.8 Å². The number of rotatable bonds is 4. The maximum absolute atomic E-state index is 11.7. The molecule has 0 radical (unpaired) electrons. The minimum Gasteiger partial charge on any atom is -0.366 e. The standard InChI is InChI=1S/C15H13N3O2S2/c16-14(20)10-3-1-4-11(9-10)17-15(21)18-13(19)7-6-12-5-2-8-22-12/h1-9H,(H2,16,20)(H2,17,18,19,21)/b7-6+. The van der Waals surface area contributed by atoms with E-state index in [1.807, 2.05) is 17.5 Å². The number of amides is 2. The highest BCUT2D eigenvalue weighted by Crippen LogP contribution is 2.11. The van der Waals surface area contributed by atoms with Gasteiger partial charge in [-0.3, -0.25) is 14.9 Å². The molecular formula is C15H13N3O2S2. The summed E-state index contributed by atoms with van der Waals surface area (Å²) in [5.41, 5.74) is 6.13. The molecule has 0 unspecified atom stereocenters. The maximum atomic E-state index is 11.7. The lowest BCUT2D eigenvalue weighted by molar-refractivity contribution is -0.115. The SMILES string of the molecule is NC(=O)c1cccc(NC(=S)NC(=O)/C=C/c2cccs2)c1. The van der Waals surface area contributed by atoms with Gasteiger partial charge in [0.15, 0.2) is 5.11 Å². The molecule has 0 atom stereocenters. The van der Waals surface area contributed by atoms with E-state index in [1.54, 1.807) is 30.3 Å². The molecule has 2 amide bonds. The van der Waals surface area contributed by atoms with Gasteiger partial charge < -0.3 is 11.1 Å². The summed E-state index contributed by atoms with van der Waals surface area (Å²) in [6, 6.07) is 10.3. The van der Waals surface area contributed by atoms with Crippen molar-refractivity contribution in [2.75, 3.05) is 5.32 Å². The van der Waals surface area contributed by atoms with E-state index in [4.69, 9.17) is 18.0 Å². The van der Waals surface area contributed by atoms with Gasteiger partial charge in [-0.1, -0.05) is 12.1 Å². The van der Waals surface area contributed by atoms with Crippen LogP contribution in [0.4, 0.5) is 5.69 Å². The Morgan fingerprint density at radius 3 is 2.73 bits per heavy atom. The van der Waals surface area contributed by atoms with Gasteiger partial charge in [0.1, 0.15) is 0 Å². The molecule has 0 bridgehead atoms. The monoisotopic (exact) mass is 331 g/mol. The third-order valence-electron chi connectivity index (χ3n) is 2.58. The van der Waals surface area contributed by atoms with Crippen molar-refractivity contribution in [1.82, 2.24) is 5.32 Å². The highest BCUT2D eigenvalue weighted by atomic mass is 32.1. The Labute approximate surface area is 136 Å². The molecule has 1 heterocycles. The summed E-state index contributed by atoms with van der Waals surface area (Å²) in [5, 5.41) is 7.41. The van der Waals surface area contributed by atoms with Crippen LogP contribution in [0, 0.1) is 0 Å². The van der Waals surface area contributed by atoms with Crippen molar-refractivity contribution in [3.05, 3.63) is 58.3 Å². The zero-order chi connectivity index (χ0) is 15.9. The van der Waals surface area contributed by atoms with Gasteiger partial charge in [-0.25, -0.2) is 0 Å². The largest absolute Gasteiger partial charge is 0.366 e. The molecular weight excluding hydrogens is 318 g/mol. The maximum Gasteiger partial charge on any atom is 0.250 e. The first-order valence-corrected chi connectivity index (χ1v) is 7.57. The molecule has 0 aliphatic carbocycles. The third kappa shape index (κ3) is 4.80. The van der Waals surface area contributed by atoms with Crippen LogP contribution in [0.25, 0.3) is 6.08 Å². The molecule has 1 aromatic heterocycles. The molecule has 1 aromatic carbocycles. The quantitative estimate of drug-likeness (QED) is 0.593. The fourth-order valence-electron chi connectivity index (χ4n) is 1.61. The van der Waals surface area contributed by atoms with Crippen molar-refractivity contribution in [1.29, 1.82) is 0 Å². The predicted octanol–water partition coefficient (Wildman–Crippen LogP) is 2.37. The molecule has 2 aromatic rings. The number of hydrogen-bond donors (Lipinski definition) is 3. The topological polar surface area (TPSA) is 84.2 Å². The second kappa shape index (κ2) is 7.48. The Kier molecular flexibility index (Phi) is 5.40. The van der Waals surface area contributed by atoms with Crippen LogP contribution >= 0.6 is 23.6 Å². The molecule has 2 rings (SSSR count). The minimum absolute atomic E-state index is 0.141. The van der Waals surface area contributed by atoms with Crippen LogP contribution in [-0.2, 0) is 4.79 Å². The van der Waals surface area contributed by atoms with E-state index < -0.39 is 5.91 Å². The molecule has 0 fully saturated rings. The molecule has 0 saturated carbocycles. The molecule has 0 aliphatic rings. The minimum atomic E-state index is -0.530.